The van der Waals surface area contributed by atoms with Crippen LogP contribution in [0.15, 0.2) is 24.3 Å². The van der Waals surface area contributed by atoms with E-state index in [0.29, 0.717) is 13.1 Å². The number of urea groups is 1. The zero-order valence-electron chi connectivity index (χ0n) is 9.32. The van der Waals surface area contributed by atoms with Crippen LogP contribution in [-0.4, -0.2) is 26.2 Å². The number of nitrogens with two attached hydrogens (primary N) is 1. The molecule has 1 aromatic carbocycles. The second-order valence-corrected chi connectivity index (χ2v) is 3.32. The molecule has 88 valence electrons. The molecule has 1 rings (SSSR count). The van der Waals surface area contributed by atoms with Crippen molar-refractivity contribution in [3.8, 4) is 5.75 Å². The molecule has 0 aliphatic rings. The van der Waals surface area contributed by atoms with E-state index in [-0.39, 0.29) is 0 Å². The smallest absolute Gasteiger partial charge is 0.312 e. The lowest BCUT2D eigenvalue weighted by Crippen LogP contribution is -2.35. The third kappa shape index (κ3) is 4.65. The van der Waals surface area contributed by atoms with E-state index >= 15 is 0 Å². The van der Waals surface area contributed by atoms with Crippen LogP contribution in [0.5, 0.6) is 5.75 Å². The van der Waals surface area contributed by atoms with E-state index in [2.05, 4.69) is 10.6 Å². The first-order valence-corrected chi connectivity index (χ1v) is 5.09. The Balaban J connectivity index is 2.23. The predicted octanol–water partition coefficient (Wildman–Crippen LogP) is 0.453. The van der Waals surface area contributed by atoms with Gasteiger partial charge in [-0.25, -0.2) is 4.79 Å². The maximum atomic E-state index is 10.4. The van der Waals surface area contributed by atoms with Crippen LogP contribution in [0.2, 0.25) is 0 Å². The number of hydrogen-bond acceptors (Lipinski definition) is 3. The van der Waals surface area contributed by atoms with Crippen LogP contribution in [0, 0.1) is 0 Å². The Bertz CT molecular complexity index is 342. The molecule has 16 heavy (non-hydrogen) atoms. The summed E-state index contributed by atoms with van der Waals surface area (Å²) in [6, 6.07) is 7.32. The number of primary amides is 1. The number of nitrogens with one attached hydrogen (secondary N) is 2. The van der Waals surface area contributed by atoms with Gasteiger partial charge in [-0.3, -0.25) is 0 Å². The average Bonchev–Trinajstić information content (AvgIpc) is 2.28. The minimum Gasteiger partial charge on any atom is -0.497 e. The van der Waals surface area contributed by atoms with E-state index in [1.165, 1.54) is 0 Å². The molecule has 1 aromatic rings. The van der Waals surface area contributed by atoms with Crippen molar-refractivity contribution >= 4 is 6.03 Å². The summed E-state index contributed by atoms with van der Waals surface area (Å²) in [5, 5.41) is 5.69. The number of carbonyl (C=O) groups is 1. The minimum atomic E-state index is -0.497. The van der Waals surface area contributed by atoms with Crippen molar-refractivity contribution in [1.29, 1.82) is 0 Å². The van der Waals surface area contributed by atoms with Crippen molar-refractivity contribution in [2.75, 3.05) is 20.2 Å². The molecule has 0 bridgehead atoms. The quantitative estimate of drug-likeness (QED) is 0.613. The fourth-order valence-corrected chi connectivity index (χ4v) is 1.29. The summed E-state index contributed by atoms with van der Waals surface area (Å²) < 4.78 is 5.11. The number of benzene rings is 1. The largest absolute Gasteiger partial charge is 0.497 e. The molecule has 0 unspecified atom stereocenters. The first-order chi connectivity index (χ1) is 7.72. The molecule has 0 spiro atoms. The van der Waals surface area contributed by atoms with Gasteiger partial charge >= 0.3 is 6.03 Å². The maximum absolute atomic E-state index is 10.4. The molecular weight excluding hydrogens is 206 g/mol. The molecule has 2 amide bonds. The fourth-order valence-electron chi connectivity index (χ4n) is 1.29. The topological polar surface area (TPSA) is 76.4 Å². The Morgan fingerprint density at radius 1 is 1.44 bits per heavy atom. The number of hydrogen-bond donors (Lipinski definition) is 3. The second-order valence-electron chi connectivity index (χ2n) is 3.32. The van der Waals surface area contributed by atoms with Crippen LogP contribution < -0.4 is 21.1 Å². The number of amides is 2. The third-order valence-corrected chi connectivity index (χ3v) is 2.06. The van der Waals surface area contributed by atoms with E-state index in [9.17, 15) is 4.79 Å². The van der Waals surface area contributed by atoms with Crippen molar-refractivity contribution in [2.45, 2.75) is 6.54 Å². The predicted molar refractivity (Wildman–Crippen MR) is 62.3 cm³/mol. The highest BCUT2D eigenvalue weighted by atomic mass is 16.5. The summed E-state index contributed by atoms with van der Waals surface area (Å²) in [6.07, 6.45) is 0. The fraction of sp³-hybridized carbons (Fsp3) is 0.364. The van der Waals surface area contributed by atoms with E-state index in [0.717, 1.165) is 17.9 Å². The van der Waals surface area contributed by atoms with E-state index in [1.54, 1.807) is 7.11 Å². The normalized spacial score (nSPS) is 9.81. The summed E-state index contributed by atoms with van der Waals surface area (Å²) >= 11 is 0. The first-order valence-electron chi connectivity index (χ1n) is 5.09. The Kier molecular flexibility index (Phi) is 5.15. The molecule has 0 aliphatic carbocycles. The summed E-state index contributed by atoms with van der Waals surface area (Å²) in [5.74, 6) is 0.842. The van der Waals surface area contributed by atoms with Crippen LogP contribution >= 0.6 is 0 Å². The summed E-state index contributed by atoms with van der Waals surface area (Å²) in [6.45, 7) is 1.94. The lowest BCUT2D eigenvalue weighted by molar-refractivity contribution is 0.249. The zero-order valence-corrected chi connectivity index (χ0v) is 9.32. The molecule has 4 N–H and O–H groups in total. The number of methoxy groups -OCH3 is 1. The van der Waals surface area contributed by atoms with Crippen LogP contribution in [-0.2, 0) is 6.54 Å². The average molecular weight is 223 g/mol. The van der Waals surface area contributed by atoms with E-state index < -0.39 is 6.03 Å². The van der Waals surface area contributed by atoms with Crippen molar-refractivity contribution in [2.24, 2.45) is 5.73 Å². The highest BCUT2D eigenvalue weighted by Crippen LogP contribution is 2.11. The van der Waals surface area contributed by atoms with Crippen LogP contribution in [0.4, 0.5) is 4.79 Å². The van der Waals surface area contributed by atoms with Gasteiger partial charge in [0.15, 0.2) is 0 Å². The molecule has 0 atom stereocenters. The highest BCUT2D eigenvalue weighted by molar-refractivity contribution is 5.71. The summed E-state index contributed by atoms with van der Waals surface area (Å²) in [4.78, 5) is 10.4. The van der Waals surface area contributed by atoms with Gasteiger partial charge in [-0.15, -0.1) is 0 Å². The lowest BCUT2D eigenvalue weighted by atomic mass is 10.2. The highest BCUT2D eigenvalue weighted by Gasteiger charge is 1.95. The Morgan fingerprint density at radius 3 is 2.94 bits per heavy atom. The molecule has 5 heteroatoms. The molecule has 0 fully saturated rings. The SMILES string of the molecule is COc1cccc(CNCCNC(N)=O)c1. The minimum absolute atomic E-state index is 0.497. The number of carbonyl (C=O) groups excluding carboxylic acids is 1. The lowest BCUT2D eigenvalue weighted by Gasteiger charge is -2.06. The Hall–Kier alpha value is -1.75. The van der Waals surface area contributed by atoms with E-state index in [1.807, 2.05) is 24.3 Å². The first kappa shape index (κ1) is 12.3. The second kappa shape index (κ2) is 6.68. The molecule has 0 saturated heterocycles. The molecule has 0 aliphatic heterocycles. The van der Waals surface area contributed by atoms with Gasteiger partial charge in [0.2, 0.25) is 0 Å². The van der Waals surface area contributed by atoms with Crippen molar-refractivity contribution in [3.05, 3.63) is 29.8 Å². The monoisotopic (exact) mass is 223 g/mol. The Labute approximate surface area is 95.0 Å². The van der Waals surface area contributed by atoms with Crippen LogP contribution in [0.1, 0.15) is 5.56 Å². The summed E-state index contributed by atoms with van der Waals surface area (Å²) in [7, 11) is 1.64. The number of rotatable bonds is 6. The third-order valence-electron chi connectivity index (χ3n) is 2.06. The molecule has 0 heterocycles. The van der Waals surface area contributed by atoms with Gasteiger partial charge in [0.25, 0.3) is 0 Å². The van der Waals surface area contributed by atoms with Gasteiger partial charge in [0.05, 0.1) is 7.11 Å². The van der Waals surface area contributed by atoms with Crippen LogP contribution in [0.25, 0.3) is 0 Å². The Morgan fingerprint density at radius 2 is 2.25 bits per heavy atom. The van der Waals surface area contributed by atoms with Crippen LogP contribution in [0.3, 0.4) is 0 Å². The van der Waals surface area contributed by atoms with Crippen molar-refractivity contribution < 1.29 is 9.53 Å². The van der Waals surface area contributed by atoms with Gasteiger partial charge in [-0.05, 0) is 17.7 Å². The van der Waals surface area contributed by atoms with Crippen molar-refractivity contribution in [1.82, 2.24) is 10.6 Å². The van der Waals surface area contributed by atoms with Gasteiger partial charge in [0.1, 0.15) is 5.75 Å². The van der Waals surface area contributed by atoms with Gasteiger partial charge in [0, 0.05) is 19.6 Å². The van der Waals surface area contributed by atoms with Gasteiger partial charge in [-0.1, -0.05) is 12.1 Å². The number of ether oxygens (including phenoxy) is 1. The molecule has 0 radical (unpaired) electrons. The molecule has 0 aromatic heterocycles. The van der Waals surface area contributed by atoms with Crippen molar-refractivity contribution in [3.63, 3.8) is 0 Å². The zero-order chi connectivity index (χ0) is 11.8. The van der Waals surface area contributed by atoms with Gasteiger partial charge in [-0.2, -0.15) is 0 Å². The standard InChI is InChI=1S/C11H17N3O2/c1-16-10-4-2-3-9(7-10)8-13-5-6-14-11(12)15/h2-4,7,13H,5-6,8H2,1H3,(H3,12,14,15). The van der Waals surface area contributed by atoms with E-state index in [4.69, 9.17) is 10.5 Å². The van der Waals surface area contributed by atoms with Gasteiger partial charge < -0.3 is 21.1 Å². The molecular formula is C11H17N3O2. The molecule has 0 saturated carbocycles. The summed E-state index contributed by atoms with van der Waals surface area (Å²) in [5.41, 5.74) is 6.07. The molecule has 5 nitrogen and oxygen atoms in total. The maximum Gasteiger partial charge on any atom is 0.312 e.